The molecule has 2 atom stereocenters. The van der Waals surface area contributed by atoms with Gasteiger partial charge in [0.15, 0.2) is 0 Å². The first-order chi connectivity index (χ1) is 9.22. The smallest absolute Gasteiger partial charge is 0.0334 e. The highest BCUT2D eigenvalue weighted by molar-refractivity contribution is 4.97. The van der Waals surface area contributed by atoms with Crippen molar-refractivity contribution in [2.75, 3.05) is 13.6 Å². The van der Waals surface area contributed by atoms with Gasteiger partial charge in [-0.15, -0.1) is 0 Å². The Morgan fingerprint density at radius 2 is 1.74 bits per heavy atom. The maximum absolute atomic E-state index is 6.26. The van der Waals surface area contributed by atoms with E-state index >= 15 is 0 Å². The maximum atomic E-state index is 6.26. The maximum Gasteiger partial charge on any atom is 0.0334 e. The molecule has 2 rings (SSSR count). The lowest BCUT2D eigenvalue weighted by molar-refractivity contribution is 0.0180. The fourth-order valence-corrected chi connectivity index (χ4v) is 4.49. The van der Waals surface area contributed by atoms with Gasteiger partial charge in [0, 0.05) is 18.1 Å². The van der Waals surface area contributed by atoms with Gasteiger partial charge in [-0.05, 0) is 38.6 Å². The van der Waals surface area contributed by atoms with Crippen molar-refractivity contribution in [2.24, 2.45) is 11.7 Å². The quantitative estimate of drug-likeness (QED) is 0.781. The summed E-state index contributed by atoms with van der Waals surface area (Å²) in [5.41, 5.74) is 6.57. The molecule has 2 fully saturated rings. The lowest BCUT2D eigenvalue weighted by Gasteiger charge is -2.50. The monoisotopic (exact) mass is 266 g/mol. The molecule has 19 heavy (non-hydrogen) atoms. The zero-order chi connectivity index (χ0) is 13.7. The van der Waals surface area contributed by atoms with E-state index in [-0.39, 0.29) is 0 Å². The first kappa shape index (κ1) is 15.3. The predicted octanol–water partition coefficient (Wildman–Crippen LogP) is 3.94. The molecule has 0 spiro atoms. The second kappa shape index (κ2) is 7.08. The molecule has 0 radical (unpaired) electrons. The highest BCUT2D eigenvalue weighted by Crippen LogP contribution is 2.39. The van der Waals surface area contributed by atoms with Crippen LogP contribution in [-0.4, -0.2) is 30.1 Å². The molecule has 2 aliphatic rings. The van der Waals surface area contributed by atoms with Gasteiger partial charge >= 0.3 is 0 Å². The van der Waals surface area contributed by atoms with Crippen molar-refractivity contribution in [1.82, 2.24) is 4.90 Å². The van der Waals surface area contributed by atoms with Crippen molar-refractivity contribution < 1.29 is 0 Å². The normalized spacial score (nSPS) is 34.4. The first-order valence-electron chi connectivity index (χ1n) is 8.65. The third kappa shape index (κ3) is 3.52. The first-order valence-corrected chi connectivity index (χ1v) is 8.65. The second-order valence-electron chi connectivity index (χ2n) is 7.06. The Kier molecular flexibility index (Phi) is 5.70. The molecule has 0 amide bonds. The fourth-order valence-electron chi connectivity index (χ4n) is 4.49. The molecule has 0 aliphatic heterocycles. The lowest BCUT2D eigenvalue weighted by Crippen LogP contribution is -2.58. The summed E-state index contributed by atoms with van der Waals surface area (Å²) in [6.07, 6.45) is 15.3. The minimum Gasteiger partial charge on any atom is -0.329 e. The summed E-state index contributed by atoms with van der Waals surface area (Å²) in [4.78, 5) is 2.72. The zero-order valence-electron chi connectivity index (χ0n) is 13.2. The summed E-state index contributed by atoms with van der Waals surface area (Å²) < 4.78 is 0. The molecule has 0 aromatic heterocycles. The number of nitrogens with zero attached hydrogens (tertiary/aromatic N) is 1. The lowest BCUT2D eigenvalue weighted by atomic mass is 9.73. The van der Waals surface area contributed by atoms with Crippen LogP contribution in [0.3, 0.4) is 0 Å². The average molecular weight is 266 g/mol. The zero-order valence-corrected chi connectivity index (χ0v) is 13.2. The van der Waals surface area contributed by atoms with Gasteiger partial charge in [0.25, 0.3) is 0 Å². The van der Waals surface area contributed by atoms with Crippen molar-refractivity contribution in [3.8, 4) is 0 Å². The van der Waals surface area contributed by atoms with E-state index < -0.39 is 0 Å². The molecule has 2 unspecified atom stereocenters. The highest BCUT2D eigenvalue weighted by Gasteiger charge is 2.40. The van der Waals surface area contributed by atoms with E-state index in [0.29, 0.717) is 5.54 Å². The van der Waals surface area contributed by atoms with Gasteiger partial charge < -0.3 is 5.73 Å². The minimum absolute atomic E-state index is 0.313. The third-order valence-electron chi connectivity index (χ3n) is 6.00. The molecule has 2 heteroatoms. The van der Waals surface area contributed by atoms with E-state index in [2.05, 4.69) is 18.9 Å². The summed E-state index contributed by atoms with van der Waals surface area (Å²) in [7, 11) is 2.38. The van der Waals surface area contributed by atoms with E-state index in [1.165, 1.54) is 70.6 Å². The molecule has 0 bridgehead atoms. The Morgan fingerprint density at radius 1 is 1.05 bits per heavy atom. The van der Waals surface area contributed by atoms with E-state index in [1.807, 2.05) is 0 Å². The summed E-state index contributed by atoms with van der Waals surface area (Å²) in [6.45, 7) is 3.21. The SMILES string of the molecule is CCC1CCCC(CN)(N(C)C2CCCCCC2)C1. The molecule has 0 aromatic rings. The second-order valence-corrected chi connectivity index (χ2v) is 7.06. The Bertz CT molecular complexity index is 258. The molecular weight excluding hydrogens is 232 g/mol. The molecule has 2 N–H and O–H groups in total. The van der Waals surface area contributed by atoms with Crippen LogP contribution in [0, 0.1) is 5.92 Å². The number of hydrogen-bond donors (Lipinski definition) is 1. The van der Waals surface area contributed by atoms with Crippen molar-refractivity contribution in [2.45, 2.75) is 89.1 Å². The Hall–Kier alpha value is -0.0800. The van der Waals surface area contributed by atoms with Gasteiger partial charge in [-0.1, -0.05) is 51.9 Å². The van der Waals surface area contributed by atoms with Gasteiger partial charge in [-0.25, -0.2) is 0 Å². The van der Waals surface area contributed by atoms with Crippen LogP contribution in [0.25, 0.3) is 0 Å². The fraction of sp³-hybridized carbons (Fsp3) is 1.00. The van der Waals surface area contributed by atoms with Crippen molar-refractivity contribution in [1.29, 1.82) is 0 Å². The summed E-state index contributed by atoms with van der Waals surface area (Å²) in [5.74, 6) is 0.908. The molecule has 0 aromatic carbocycles. The van der Waals surface area contributed by atoms with Gasteiger partial charge in [0.05, 0.1) is 0 Å². The number of likely N-dealkylation sites (N-methyl/N-ethyl adjacent to an activating group) is 1. The van der Waals surface area contributed by atoms with E-state index in [0.717, 1.165) is 18.5 Å². The van der Waals surface area contributed by atoms with Crippen LogP contribution in [0.2, 0.25) is 0 Å². The summed E-state index contributed by atoms with van der Waals surface area (Å²) in [5, 5.41) is 0. The molecule has 0 heterocycles. The van der Waals surface area contributed by atoms with Crippen LogP contribution in [0.1, 0.15) is 77.6 Å². The predicted molar refractivity (Wildman–Crippen MR) is 83.3 cm³/mol. The number of rotatable bonds is 4. The van der Waals surface area contributed by atoms with Gasteiger partial charge in [0.1, 0.15) is 0 Å². The van der Waals surface area contributed by atoms with Crippen molar-refractivity contribution >= 4 is 0 Å². The Balaban J connectivity index is 2.05. The topological polar surface area (TPSA) is 29.3 Å². The third-order valence-corrected chi connectivity index (χ3v) is 6.00. The molecule has 112 valence electrons. The van der Waals surface area contributed by atoms with Crippen LogP contribution in [-0.2, 0) is 0 Å². The van der Waals surface area contributed by atoms with Crippen LogP contribution in [0.5, 0.6) is 0 Å². The molecular formula is C17H34N2. The van der Waals surface area contributed by atoms with E-state index in [1.54, 1.807) is 0 Å². The molecule has 2 nitrogen and oxygen atoms in total. The summed E-state index contributed by atoms with van der Waals surface area (Å²) >= 11 is 0. The Morgan fingerprint density at radius 3 is 2.32 bits per heavy atom. The van der Waals surface area contributed by atoms with Gasteiger partial charge in [-0.3, -0.25) is 4.90 Å². The largest absolute Gasteiger partial charge is 0.329 e. The van der Waals surface area contributed by atoms with Crippen LogP contribution < -0.4 is 5.73 Å². The average Bonchev–Trinajstić information content (AvgIpc) is 2.75. The molecule has 0 saturated heterocycles. The minimum atomic E-state index is 0.313. The van der Waals surface area contributed by atoms with E-state index in [9.17, 15) is 0 Å². The van der Waals surface area contributed by atoms with Crippen molar-refractivity contribution in [3.63, 3.8) is 0 Å². The summed E-state index contributed by atoms with van der Waals surface area (Å²) in [6, 6.07) is 0.793. The Labute approximate surface area is 120 Å². The van der Waals surface area contributed by atoms with Gasteiger partial charge in [-0.2, -0.15) is 0 Å². The van der Waals surface area contributed by atoms with Crippen LogP contribution in [0.4, 0.5) is 0 Å². The number of hydrogen-bond acceptors (Lipinski definition) is 2. The van der Waals surface area contributed by atoms with Gasteiger partial charge in [0.2, 0.25) is 0 Å². The molecule has 2 aliphatic carbocycles. The standard InChI is InChI=1S/C17H34N2/c1-3-15-9-8-12-17(13-15,14-18)19(2)16-10-6-4-5-7-11-16/h15-16H,3-14,18H2,1-2H3. The van der Waals surface area contributed by atoms with Crippen molar-refractivity contribution in [3.05, 3.63) is 0 Å². The van der Waals surface area contributed by atoms with Crippen LogP contribution in [0.15, 0.2) is 0 Å². The molecule has 2 saturated carbocycles. The van der Waals surface area contributed by atoms with E-state index in [4.69, 9.17) is 5.73 Å². The highest BCUT2D eigenvalue weighted by atomic mass is 15.2. The van der Waals surface area contributed by atoms with Crippen LogP contribution >= 0.6 is 0 Å². The number of nitrogens with two attached hydrogens (primary N) is 1.